The lowest BCUT2D eigenvalue weighted by molar-refractivity contribution is 0.892. The van der Waals surface area contributed by atoms with Gasteiger partial charge in [-0.25, -0.2) is 9.67 Å². The van der Waals surface area contributed by atoms with Crippen LogP contribution in [0, 0.1) is 13.8 Å². The highest BCUT2D eigenvalue weighted by Gasteiger charge is 2.12. The molecule has 126 valence electrons. The molecule has 0 aliphatic carbocycles. The molecule has 3 heterocycles. The third kappa shape index (κ3) is 2.91. The van der Waals surface area contributed by atoms with Crippen LogP contribution in [-0.4, -0.2) is 24.7 Å². The van der Waals surface area contributed by atoms with Crippen LogP contribution in [-0.2, 0) is 6.54 Å². The summed E-state index contributed by atoms with van der Waals surface area (Å²) in [7, 11) is 0. The smallest absolute Gasteiger partial charge is 0.263 e. The number of benzene rings is 1. The Labute approximate surface area is 147 Å². The first-order chi connectivity index (χ1) is 12.1. The Kier molecular flexibility index (Phi) is 3.81. The number of hydrogen-bond acceptors (Lipinski definition) is 6. The number of H-pyrrole nitrogens is 1. The summed E-state index contributed by atoms with van der Waals surface area (Å²) in [5, 5.41) is 8.93. The lowest BCUT2D eigenvalue weighted by Crippen LogP contribution is -2.14. The molecule has 0 fully saturated rings. The van der Waals surface area contributed by atoms with Crippen LogP contribution in [0.5, 0.6) is 0 Å². The summed E-state index contributed by atoms with van der Waals surface area (Å²) in [5.41, 5.74) is 2.11. The molecule has 0 bridgehead atoms. The number of anilines is 1. The van der Waals surface area contributed by atoms with Gasteiger partial charge in [-0.3, -0.25) is 9.78 Å². The second kappa shape index (κ2) is 6.14. The van der Waals surface area contributed by atoms with E-state index in [0.717, 1.165) is 21.3 Å². The molecule has 4 rings (SSSR count). The first kappa shape index (κ1) is 15.5. The number of rotatable bonds is 4. The van der Waals surface area contributed by atoms with Crippen LogP contribution in [0.1, 0.15) is 15.6 Å². The van der Waals surface area contributed by atoms with Crippen LogP contribution in [0.25, 0.3) is 16.7 Å². The number of nitrogens with one attached hydrogen (secondary N) is 2. The van der Waals surface area contributed by atoms with Gasteiger partial charge in [-0.1, -0.05) is 18.2 Å². The topological polar surface area (TPSA) is 88.5 Å². The zero-order chi connectivity index (χ0) is 17.4. The molecule has 4 aromatic rings. The van der Waals surface area contributed by atoms with Gasteiger partial charge in [-0.2, -0.15) is 10.1 Å². The van der Waals surface area contributed by atoms with Gasteiger partial charge >= 0.3 is 0 Å². The van der Waals surface area contributed by atoms with Crippen molar-refractivity contribution < 1.29 is 0 Å². The van der Waals surface area contributed by atoms with Gasteiger partial charge in [-0.15, -0.1) is 11.3 Å². The van der Waals surface area contributed by atoms with E-state index in [1.165, 1.54) is 6.20 Å². The Morgan fingerprint density at radius 1 is 1.20 bits per heavy atom. The molecule has 0 atom stereocenters. The van der Waals surface area contributed by atoms with Gasteiger partial charge in [0.1, 0.15) is 5.39 Å². The van der Waals surface area contributed by atoms with Gasteiger partial charge in [-0.05, 0) is 26.0 Å². The first-order valence-electron chi connectivity index (χ1n) is 7.82. The Hall–Kier alpha value is -3.00. The summed E-state index contributed by atoms with van der Waals surface area (Å²) >= 11 is 1.65. The minimum Gasteiger partial charge on any atom is -0.350 e. The molecule has 25 heavy (non-hydrogen) atoms. The van der Waals surface area contributed by atoms with Gasteiger partial charge in [0, 0.05) is 4.88 Å². The molecular weight excluding hydrogens is 336 g/mol. The number of para-hydroxylation sites is 1. The molecule has 7 nitrogen and oxygen atoms in total. The van der Waals surface area contributed by atoms with Crippen molar-refractivity contribution >= 4 is 28.3 Å². The predicted octanol–water partition coefficient (Wildman–Crippen LogP) is 2.79. The number of aromatic nitrogens is 5. The Bertz CT molecular complexity index is 1100. The van der Waals surface area contributed by atoms with E-state index in [0.29, 0.717) is 23.5 Å². The third-order valence-corrected chi connectivity index (χ3v) is 4.79. The number of hydrogen-bond donors (Lipinski definition) is 2. The van der Waals surface area contributed by atoms with Crippen molar-refractivity contribution in [3.8, 4) is 5.69 Å². The van der Waals surface area contributed by atoms with E-state index in [4.69, 9.17) is 0 Å². The predicted molar refractivity (Wildman–Crippen MR) is 98.4 cm³/mol. The lowest BCUT2D eigenvalue weighted by atomic mass is 10.3. The second-order valence-electron chi connectivity index (χ2n) is 5.63. The minimum atomic E-state index is -0.221. The van der Waals surface area contributed by atoms with Crippen molar-refractivity contribution in [2.45, 2.75) is 20.4 Å². The average Bonchev–Trinajstić information content (AvgIpc) is 3.17. The molecule has 3 aromatic heterocycles. The molecule has 1 aromatic carbocycles. The van der Waals surface area contributed by atoms with Crippen molar-refractivity contribution in [2.24, 2.45) is 0 Å². The molecule has 0 unspecified atom stereocenters. The summed E-state index contributed by atoms with van der Waals surface area (Å²) in [5.74, 6) is 0.403. The monoisotopic (exact) mass is 352 g/mol. The maximum absolute atomic E-state index is 12.3. The molecule has 0 spiro atoms. The zero-order valence-electron chi connectivity index (χ0n) is 13.8. The fourth-order valence-corrected chi connectivity index (χ4v) is 3.50. The molecule has 0 saturated carbocycles. The van der Waals surface area contributed by atoms with Crippen LogP contribution in [0.3, 0.4) is 0 Å². The van der Waals surface area contributed by atoms with E-state index in [1.54, 1.807) is 16.0 Å². The molecule has 2 N–H and O–H groups in total. The van der Waals surface area contributed by atoms with Crippen LogP contribution < -0.4 is 10.9 Å². The number of aryl methyl sites for hydroxylation is 2. The van der Waals surface area contributed by atoms with Gasteiger partial charge in [0.2, 0.25) is 5.95 Å². The Morgan fingerprint density at radius 3 is 2.72 bits per heavy atom. The first-order valence-corrected chi connectivity index (χ1v) is 8.64. The molecule has 0 aliphatic rings. The quantitative estimate of drug-likeness (QED) is 0.590. The second-order valence-corrected chi connectivity index (χ2v) is 7.04. The van der Waals surface area contributed by atoms with Gasteiger partial charge < -0.3 is 5.32 Å². The SMILES string of the molecule is Cc1nc(CNc2nc3c(cnn3-c3ccccc3)c(=O)[nH]2)c(C)s1. The molecule has 0 saturated heterocycles. The molecule has 0 radical (unpaired) electrons. The number of fused-ring (bicyclic) bond motifs is 1. The standard InChI is InChI=1S/C17H16N6OS/c1-10-14(20-11(2)25-10)9-18-17-21-15-13(16(24)22-17)8-19-23(15)12-6-4-3-5-7-12/h3-8H,9H2,1-2H3,(H2,18,21,22,24). The van der Waals surface area contributed by atoms with E-state index in [1.807, 2.05) is 44.2 Å². The van der Waals surface area contributed by atoms with Crippen molar-refractivity contribution in [2.75, 3.05) is 5.32 Å². The maximum atomic E-state index is 12.3. The molecular formula is C17H16N6OS. The van der Waals surface area contributed by atoms with Gasteiger partial charge in [0.15, 0.2) is 5.65 Å². The highest BCUT2D eigenvalue weighted by atomic mass is 32.1. The largest absolute Gasteiger partial charge is 0.350 e. The highest BCUT2D eigenvalue weighted by Crippen LogP contribution is 2.18. The Morgan fingerprint density at radius 2 is 2.00 bits per heavy atom. The molecule has 8 heteroatoms. The fourth-order valence-electron chi connectivity index (χ4n) is 2.66. The van der Waals surface area contributed by atoms with Crippen molar-refractivity contribution in [1.29, 1.82) is 0 Å². The van der Waals surface area contributed by atoms with Crippen molar-refractivity contribution in [3.63, 3.8) is 0 Å². The van der Waals surface area contributed by atoms with Crippen LogP contribution >= 0.6 is 11.3 Å². The van der Waals surface area contributed by atoms with Crippen molar-refractivity contribution in [1.82, 2.24) is 24.7 Å². The van der Waals surface area contributed by atoms with E-state index in [-0.39, 0.29) is 5.56 Å². The molecule has 0 amide bonds. The van der Waals surface area contributed by atoms with E-state index in [9.17, 15) is 4.79 Å². The zero-order valence-corrected chi connectivity index (χ0v) is 14.6. The fraction of sp³-hybridized carbons (Fsp3) is 0.176. The van der Waals surface area contributed by atoms with Gasteiger partial charge in [0.05, 0.1) is 29.1 Å². The summed E-state index contributed by atoms with van der Waals surface area (Å²) in [6, 6.07) is 9.61. The summed E-state index contributed by atoms with van der Waals surface area (Å²) in [6.45, 7) is 4.52. The Balaban J connectivity index is 1.71. The van der Waals surface area contributed by atoms with E-state index >= 15 is 0 Å². The summed E-state index contributed by atoms with van der Waals surface area (Å²) in [4.78, 5) is 25.3. The minimum absolute atomic E-state index is 0.221. The van der Waals surface area contributed by atoms with Gasteiger partial charge in [0.25, 0.3) is 5.56 Å². The lowest BCUT2D eigenvalue weighted by Gasteiger charge is -2.06. The number of nitrogens with zero attached hydrogens (tertiary/aromatic N) is 4. The number of aromatic amines is 1. The van der Waals surface area contributed by atoms with Crippen LogP contribution in [0.15, 0.2) is 41.3 Å². The summed E-state index contributed by atoms with van der Waals surface area (Å²) in [6.07, 6.45) is 1.53. The van der Waals surface area contributed by atoms with E-state index in [2.05, 4.69) is 25.4 Å². The van der Waals surface area contributed by atoms with E-state index < -0.39 is 0 Å². The third-order valence-electron chi connectivity index (χ3n) is 3.86. The highest BCUT2D eigenvalue weighted by molar-refractivity contribution is 7.11. The normalized spacial score (nSPS) is 11.1. The average molecular weight is 352 g/mol. The van der Waals surface area contributed by atoms with Crippen LogP contribution in [0.4, 0.5) is 5.95 Å². The maximum Gasteiger partial charge on any atom is 0.263 e. The number of thiazole rings is 1. The van der Waals surface area contributed by atoms with Crippen molar-refractivity contribution in [3.05, 3.63) is 62.5 Å². The van der Waals surface area contributed by atoms with Crippen LogP contribution in [0.2, 0.25) is 0 Å². The summed E-state index contributed by atoms with van der Waals surface area (Å²) < 4.78 is 1.66. The molecule has 0 aliphatic heterocycles.